The van der Waals surface area contributed by atoms with Gasteiger partial charge in [0.1, 0.15) is 5.75 Å². The molecule has 1 aromatic rings. The van der Waals surface area contributed by atoms with Gasteiger partial charge < -0.3 is 4.74 Å². The van der Waals surface area contributed by atoms with Gasteiger partial charge in [0.2, 0.25) is 0 Å². The normalized spacial score (nSPS) is 19.0. The van der Waals surface area contributed by atoms with Crippen LogP contribution in [0.4, 0.5) is 0 Å². The molecule has 1 heteroatoms. The molecule has 0 saturated heterocycles. The van der Waals surface area contributed by atoms with E-state index in [4.69, 9.17) is 4.74 Å². The Morgan fingerprint density at radius 2 is 2.08 bits per heavy atom. The fourth-order valence-corrected chi connectivity index (χ4v) is 1.83. The molecule has 13 heavy (non-hydrogen) atoms. The van der Waals surface area contributed by atoms with Crippen LogP contribution >= 0.6 is 0 Å². The molecule has 0 atom stereocenters. The standard InChI is InChI=1S/C12H16O/c1-9-4-5-11-10(6-9)7-12(2,3)8-13-11/h4-6H,7-8H2,1-3H3. The molecular formula is C12H16O. The fraction of sp³-hybridized carbons (Fsp3) is 0.500. The second kappa shape index (κ2) is 2.76. The summed E-state index contributed by atoms with van der Waals surface area (Å²) in [6.45, 7) is 7.46. The molecule has 0 N–H and O–H groups in total. The lowest BCUT2D eigenvalue weighted by Gasteiger charge is -2.31. The second-order valence-corrected chi connectivity index (χ2v) is 4.74. The van der Waals surface area contributed by atoms with E-state index in [1.54, 1.807) is 0 Å². The van der Waals surface area contributed by atoms with Gasteiger partial charge in [0.25, 0.3) is 0 Å². The van der Waals surface area contributed by atoms with Crippen LogP contribution in [-0.2, 0) is 6.42 Å². The minimum Gasteiger partial charge on any atom is -0.493 e. The van der Waals surface area contributed by atoms with Crippen LogP contribution < -0.4 is 4.74 Å². The van der Waals surface area contributed by atoms with Crippen molar-refractivity contribution in [2.75, 3.05) is 6.61 Å². The SMILES string of the molecule is Cc1ccc2c(c1)CC(C)(C)CO2. The molecule has 1 aliphatic heterocycles. The van der Waals surface area contributed by atoms with E-state index in [0.717, 1.165) is 18.8 Å². The summed E-state index contributed by atoms with van der Waals surface area (Å²) < 4.78 is 5.69. The van der Waals surface area contributed by atoms with Gasteiger partial charge in [0.15, 0.2) is 0 Å². The first-order valence-electron chi connectivity index (χ1n) is 4.79. The molecule has 0 aliphatic carbocycles. The number of benzene rings is 1. The van der Waals surface area contributed by atoms with Crippen molar-refractivity contribution in [2.45, 2.75) is 27.2 Å². The van der Waals surface area contributed by atoms with Gasteiger partial charge in [-0.25, -0.2) is 0 Å². The van der Waals surface area contributed by atoms with E-state index in [9.17, 15) is 0 Å². The third kappa shape index (κ3) is 1.69. The van der Waals surface area contributed by atoms with Crippen LogP contribution in [0.1, 0.15) is 25.0 Å². The highest BCUT2D eigenvalue weighted by Crippen LogP contribution is 2.34. The van der Waals surface area contributed by atoms with Gasteiger partial charge >= 0.3 is 0 Å². The Labute approximate surface area is 79.7 Å². The highest BCUT2D eigenvalue weighted by Gasteiger charge is 2.26. The summed E-state index contributed by atoms with van der Waals surface area (Å²) in [7, 11) is 0. The van der Waals surface area contributed by atoms with Crippen LogP contribution in [0, 0.1) is 12.3 Å². The zero-order chi connectivity index (χ0) is 9.47. The van der Waals surface area contributed by atoms with Crippen molar-refractivity contribution in [3.05, 3.63) is 29.3 Å². The lowest BCUT2D eigenvalue weighted by Crippen LogP contribution is -2.28. The molecule has 0 amide bonds. The van der Waals surface area contributed by atoms with Crippen LogP contribution in [-0.4, -0.2) is 6.61 Å². The lowest BCUT2D eigenvalue weighted by molar-refractivity contribution is 0.155. The summed E-state index contributed by atoms with van der Waals surface area (Å²) in [5, 5.41) is 0. The molecule has 2 rings (SSSR count). The summed E-state index contributed by atoms with van der Waals surface area (Å²) in [6.07, 6.45) is 1.13. The number of hydrogen-bond acceptors (Lipinski definition) is 1. The highest BCUT2D eigenvalue weighted by molar-refractivity contribution is 5.38. The Kier molecular flexibility index (Phi) is 1.83. The van der Waals surface area contributed by atoms with Crippen LogP contribution in [0.5, 0.6) is 5.75 Å². The van der Waals surface area contributed by atoms with E-state index in [-0.39, 0.29) is 0 Å². The van der Waals surface area contributed by atoms with Crippen LogP contribution in [0.3, 0.4) is 0 Å². The Hall–Kier alpha value is -0.980. The molecule has 1 aliphatic rings. The van der Waals surface area contributed by atoms with E-state index in [1.165, 1.54) is 11.1 Å². The van der Waals surface area contributed by atoms with E-state index >= 15 is 0 Å². The minimum absolute atomic E-state index is 0.292. The summed E-state index contributed by atoms with van der Waals surface area (Å²) in [5.74, 6) is 1.07. The number of fused-ring (bicyclic) bond motifs is 1. The Morgan fingerprint density at radius 3 is 2.85 bits per heavy atom. The van der Waals surface area contributed by atoms with Gasteiger partial charge in [-0.2, -0.15) is 0 Å². The number of rotatable bonds is 0. The first-order chi connectivity index (χ1) is 6.07. The molecule has 0 unspecified atom stereocenters. The average molecular weight is 176 g/mol. The topological polar surface area (TPSA) is 9.23 Å². The average Bonchev–Trinajstić information content (AvgIpc) is 2.01. The summed E-state index contributed by atoms with van der Waals surface area (Å²) >= 11 is 0. The molecule has 1 heterocycles. The maximum absolute atomic E-state index is 5.69. The maximum Gasteiger partial charge on any atom is 0.122 e. The Balaban J connectivity index is 2.38. The monoisotopic (exact) mass is 176 g/mol. The first-order valence-corrected chi connectivity index (χ1v) is 4.79. The quantitative estimate of drug-likeness (QED) is 0.590. The molecule has 1 aromatic carbocycles. The molecule has 70 valence electrons. The lowest BCUT2D eigenvalue weighted by atomic mass is 9.84. The van der Waals surface area contributed by atoms with Crippen molar-refractivity contribution < 1.29 is 4.74 Å². The summed E-state index contributed by atoms with van der Waals surface area (Å²) in [5.41, 5.74) is 2.97. The van der Waals surface area contributed by atoms with E-state index < -0.39 is 0 Å². The van der Waals surface area contributed by atoms with Crippen LogP contribution in [0.15, 0.2) is 18.2 Å². The number of aryl methyl sites for hydroxylation is 1. The largest absolute Gasteiger partial charge is 0.493 e. The first kappa shape index (κ1) is 8.61. The Bertz CT molecular complexity index is 326. The van der Waals surface area contributed by atoms with Crippen molar-refractivity contribution in [3.8, 4) is 5.75 Å². The zero-order valence-corrected chi connectivity index (χ0v) is 8.55. The van der Waals surface area contributed by atoms with Gasteiger partial charge in [-0.1, -0.05) is 31.5 Å². The van der Waals surface area contributed by atoms with Crippen molar-refractivity contribution in [2.24, 2.45) is 5.41 Å². The third-order valence-corrected chi connectivity index (χ3v) is 2.50. The van der Waals surface area contributed by atoms with Gasteiger partial charge in [-0.15, -0.1) is 0 Å². The van der Waals surface area contributed by atoms with Gasteiger partial charge in [0, 0.05) is 5.41 Å². The fourth-order valence-electron chi connectivity index (χ4n) is 1.83. The Morgan fingerprint density at radius 1 is 1.31 bits per heavy atom. The molecule has 0 spiro atoms. The highest BCUT2D eigenvalue weighted by atomic mass is 16.5. The van der Waals surface area contributed by atoms with Gasteiger partial charge in [0.05, 0.1) is 6.61 Å². The summed E-state index contributed by atoms with van der Waals surface area (Å²) in [4.78, 5) is 0. The molecule has 0 fully saturated rings. The number of ether oxygens (including phenoxy) is 1. The summed E-state index contributed by atoms with van der Waals surface area (Å²) in [6, 6.07) is 6.42. The molecule has 0 saturated carbocycles. The van der Waals surface area contributed by atoms with Crippen molar-refractivity contribution >= 4 is 0 Å². The zero-order valence-electron chi connectivity index (χ0n) is 8.55. The predicted molar refractivity (Wildman–Crippen MR) is 54.2 cm³/mol. The molecular weight excluding hydrogens is 160 g/mol. The van der Waals surface area contributed by atoms with E-state index in [1.807, 2.05) is 0 Å². The van der Waals surface area contributed by atoms with Crippen LogP contribution in [0.25, 0.3) is 0 Å². The third-order valence-electron chi connectivity index (χ3n) is 2.50. The van der Waals surface area contributed by atoms with E-state index in [2.05, 4.69) is 39.0 Å². The second-order valence-electron chi connectivity index (χ2n) is 4.74. The smallest absolute Gasteiger partial charge is 0.122 e. The van der Waals surface area contributed by atoms with E-state index in [0.29, 0.717) is 5.41 Å². The van der Waals surface area contributed by atoms with Crippen molar-refractivity contribution in [1.82, 2.24) is 0 Å². The van der Waals surface area contributed by atoms with Crippen molar-refractivity contribution in [1.29, 1.82) is 0 Å². The molecule has 0 bridgehead atoms. The molecule has 1 nitrogen and oxygen atoms in total. The minimum atomic E-state index is 0.292. The van der Waals surface area contributed by atoms with Crippen LogP contribution in [0.2, 0.25) is 0 Å². The van der Waals surface area contributed by atoms with Gasteiger partial charge in [-0.05, 0) is 25.0 Å². The van der Waals surface area contributed by atoms with Gasteiger partial charge in [-0.3, -0.25) is 0 Å². The molecule has 0 radical (unpaired) electrons. The molecule has 0 aromatic heterocycles. The maximum atomic E-state index is 5.69. The number of hydrogen-bond donors (Lipinski definition) is 0. The predicted octanol–water partition coefficient (Wildman–Crippen LogP) is 2.96. The van der Waals surface area contributed by atoms with Crippen molar-refractivity contribution in [3.63, 3.8) is 0 Å².